The third-order valence-electron chi connectivity index (χ3n) is 5.06. The van der Waals surface area contributed by atoms with E-state index in [9.17, 15) is 4.79 Å². The highest BCUT2D eigenvalue weighted by Crippen LogP contribution is 2.38. The second kappa shape index (κ2) is 9.40. The zero-order valence-corrected chi connectivity index (χ0v) is 18.7. The quantitative estimate of drug-likeness (QED) is 0.558. The molecular weight excluding hydrogens is 436 g/mol. The van der Waals surface area contributed by atoms with E-state index in [-0.39, 0.29) is 12.5 Å². The first kappa shape index (κ1) is 21.8. The monoisotopic (exact) mass is 458 g/mol. The number of carbonyl (C=O) groups excluding carboxylic acids is 1. The molecule has 0 saturated carbocycles. The molecular formula is C23H23ClN2O6. The number of ether oxygens (including phenoxy) is 4. The van der Waals surface area contributed by atoms with Crippen LogP contribution in [-0.2, 0) is 6.61 Å². The number of hydrogen-bond donors (Lipinski definition) is 1. The lowest BCUT2D eigenvalue weighted by Gasteiger charge is -2.14. The molecule has 32 heavy (non-hydrogen) atoms. The summed E-state index contributed by atoms with van der Waals surface area (Å²) in [4.78, 5) is 12.9. The molecule has 0 spiro atoms. The van der Waals surface area contributed by atoms with Crippen LogP contribution in [0.2, 0.25) is 5.02 Å². The maximum absolute atomic E-state index is 12.9. The molecule has 0 radical (unpaired) electrons. The molecule has 0 saturated heterocycles. The highest BCUT2D eigenvalue weighted by atomic mass is 35.5. The van der Waals surface area contributed by atoms with Crippen LogP contribution < -0.4 is 24.3 Å². The maximum atomic E-state index is 12.9. The summed E-state index contributed by atoms with van der Waals surface area (Å²) in [6.07, 6.45) is 0.776. The van der Waals surface area contributed by atoms with Crippen LogP contribution in [0.15, 0.2) is 34.9 Å². The number of methoxy groups -OCH3 is 1. The van der Waals surface area contributed by atoms with Gasteiger partial charge in [-0.1, -0.05) is 16.8 Å². The number of hydrogen-bond acceptors (Lipinski definition) is 7. The Bertz CT molecular complexity index is 1120. The number of anilines is 1. The van der Waals surface area contributed by atoms with Gasteiger partial charge in [0, 0.05) is 24.1 Å². The van der Waals surface area contributed by atoms with Crippen LogP contribution in [0.4, 0.5) is 5.69 Å². The lowest BCUT2D eigenvalue weighted by molar-refractivity contribution is 0.102. The normalized spacial score (nSPS) is 12.8. The number of fused-ring (bicyclic) bond motifs is 1. The van der Waals surface area contributed by atoms with Gasteiger partial charge in [-0.25, -0.2) is 0 Å². The zero-order valence-electron chi connectivity index (χ0n) is 18.0. The number of carbonyl (C=O) groups is 1. The van der Waals surface area contributed by atoms with Crippen LogP contribution in [0.25, 0.3) is 0 Å². The van der Waals surface area contributed by atoms with E-state index in [1.165, 1.54) is 7.11 Å². The van der Waals surface area contributed by atoms with Crippen molar-refractivity contribution >= 4 is 23.2 Å². The van der Waals surface area contributed by atoms with Crippen molar-refractivity contribution in [3.05, 3.63) is 57.9 Å². The number of aryl methyl sites for hydroxylation is 2. The van der Waals surface area contributed by atoms with Crippen molar-refractivity contribution in [2.24, 2.45) is 0 Å². The van der Waals surface area contributed by atoms with Gasteiger partial charge < -0.3 is 28.8 Å². The standard InChI is InChI=1S/C23H23ClN2O6/c1-13-16(14(2)32-26-13)12-31-19-6-5-15(9-20(19)28-3)23(27)25-18-11-22-21(10-17(18)24)29-7-4-8-30-22/h5-6,9-11H,4,7-8,12H2,1-3H3,(H,25,27). The SMILES string of the molecule is COc1cc(C(=O)Nc2cc3c(cc2Cl)OCCCO3)ccc1OCc1c(C)noc1C. The van der Waals surface area contributed by atoms with Gasteiger partial charge in [0.2, 0.25) is 0 Å². The minimum Gasteiger partial charge on any atom is -0.493 e. The molecule has 1 aliphatic heterocycles. The van der Waals surface area contributed by atoms with E-state index in [0.29, 0.717) is 58.2 Å². The molecule has 9 heteroatoms. The van der Waals surface area contributed by atoms with Crippen molar-refractivity contribution in [3.8, 4) is 23.0 Å². The molecule has 0 fully saturated rings. The predicted molar refractivity (Wildman–Crippen MR) is 118 cm³/mol. The van der Waals surface area contributed by atoms with Gasteiger partial charge in [-0.3, -0.25) is 4.79 Å². The van der Waals surface area contributed by atoms with Gasteiger partial charge in [0.15, 0.2) is 23.0 Å². The van der Waals surface area contributed by atoms with E-state index in [1.54, 1.807) is 30.3 Å². The van der Waals surface area contributed by atoms with E-state index in [4.69, 9.17) is 35.1 Å². The van der Waals surface area contributed by atoms with Gasteiger partial charge in [0.1, 0.15) is 12.4 Å². The zero-order chi connectivity index (χ0) is 22.7. The van der Waals surface area contributed by atoms with Crippen molar-refractivity contribution in [3.63, 3.8) is 0 Å². The van der Waals surface area contributed by atoms with E-state index in [2.05, 4.69) is 10.5 Å². The first-order valence-corrected chi connectivity index (χ1v) is 10.5. The van der Waals surface area contributed by atoms with Crippen LogP contribution in [-0.4, -0.2) is 31.4 Å². The number of aromatic nitrogens is 1. The van der Waals surface area contributed by atoms with E-state index in [1.807, 2.05) is 13.8 Å². The Morgan fingerprint density at radius 2 is 1.88 bits per heavy atom. The van der Waals surface area contributed by atoms with Crippen molar-refractivity contribution in [2.75, 3.05) is 25.6 Å². The van der Waals surface area contributed by atoms with Gasteiger partial charge in [-0.05, 0) is 32.0 Å². The number of rotatable bonds is 6. The highest BCUT2D eigenvalue weighted by Gasteiger charge is 2.18. The summed E-state index contributed by atoms with van der Waals surface area (Å²) in [6.45, 7) is 5.04. The third kappa shape index (κ3) is 4.60. The molecule has 8 nitrogen and oxygen atoms in total. The smallest absolute Gasteiger partial charge is 0.255 e. The molecule has 0 atom stereocenters. The number of benzene rings is 2. The summed E-state index contributed by atoms with van der Waals surface area (Å²) in [5.41, 5.74) is 2.45. The Balaban J connectivity index is 1.50. The molecule has 0 bridgehead atoms. The lowest BCUT2D eigenvalue weighted by Crippen LogP contribution is -2.13. The summed E-state index contributed by atoms with van der Waals surface area (Å²) in [5, 5.41) is 7.09. The summed E-state index contributed by atoms with van der Waals surface area (Å²) in [7, 11) is 1.51. The summed E-state index contributed by atoms with van der Waals surface area (Å²) < 4.78 is 27.7. The molecule has 168 valence electrons. The van der Waals surface area contributed by atoms with Crippen molar-refractivity contribution < 1.29 is 28.3 Å². The molecule has 1 N–H and O–H groups in total. The second-order valence-corrected chi connectivity index (χ2v) is 7.65. The predicted octanol–water partition coefficient (Wildman–Crippen LogP) is 4.95. The van der Waals surface area contributed by atoms with Crippen LogP contribution in [0.1, 0.15) is 33.8 Å². The average molecular weight is 459 g/mol. The molecule has 1 aromatic heterocycles. The van der Waals surface area contributed by atoms with E-state index in [0.717, 1.165) is 17.7 Å². The molecule has 2 heterocycles. The average Bonchev–Trinajstić information content (AvgIpc) is 2.96. The van der Waals surface area contributed by atoms with Crippen LogP contribution in [0.5, 0.6) is 23.0 Å². The molecule has 0 aliphatic carbocycles. The summed E-state index contributed by atoms with van der Waals surface area (Å²) in [6, 6.07) is 8.25. The molecule has 4 rings (SSSR count). The van der Waals surface area contributed by atoms with Gasteiger partial charge in [-0.15, -0.1) is 0 Å². The van der Waals surface area contributed by atoms with Crippen molar-refractivity contribution in [2.45, 2.75) is 26.9 Å². The minimum absolute atomic E-state index is 0.274. The van der Waals surface area contributed by atoms with Gasteiger partial charge in [0.05, 0.1) is 42.3 Å². The van der Waals surface area contributed by atoms with Crippen LogP contribution >= 0.6 is 11.6 Å². The first-order chi connectivity index (χ1) is 15.5. The topological polar surface area (TPSA) is 92.1 Å². The number of halogens is 1. The Morgan fingerprint density at radius 3 is 2.56 bits per heavy atom. The fourth-order valence-electron chi connectivity index (χ4n) is 3.26. The Labute approximate surface area is 190 Å². The Hall–Kier alpha value is -3.39. The van der Waals surface area contributed by atoms with Crippen LogP contribution in [0.3, 0.4) is 0 Å². The molecule has 3 aromatic rings. The van der Waals surface area contributed by atoms with Crippen molar-refractivity contribution in [1.82, 2.24) is 5.16 Å². The van der Waals surface area contributed by atoms with Crippen LogP contribution in [0, 0.1) is 13.8 Å². The lowest BCUT2D eigenvalue weighted by atomic mass is 10.1. The van der Waals surface area contributed by atoms with E-state index >= 15 is 0 Å². The minimum atomic E-state index is -0.350. The summed E-state index contributed by atoms with van der Waals surface area (Å²) in [5.74, 6) is 2.38. The van der Waals surface area contributed by atoms with E-state index < -0.39 is 0 Å². The number of amides is 1. The molecule has 1 aliphatic rings. The Morgan fingerprint density at radius 1 is 1.12 bits per heavy atom. The third-order valence-corrected chi connectivity index (χ3v) is 5.38. The van der Waals surface area contributed by atoms with Gasteiger partial charge in [0.25, 0.3) is 5.91 Å². The maximum Gasteiger partial charge on any atom is 0.255 e. The van der Waals surface area contributed by atoms with Crippen molar-refractivity contribution in [1.29, 1.82) is 0 Å². The molecule has 1 amide bonds. The van der Waals surface area contributed by atoms with Gasteiger partial charge >= 0.3 is 0 Å². The van der Waals surface area contributed by atoms with Gasteiger partial charge in [-0.2, -0.15) is 0 Å². The highest BCUT2D eigenvalue weighted by molar-refractivity contribution is 6.34. The largest absolute Gasteiger partial charge is 0.493 e. The fraction of sp³-hybridized carbons (Fsp3) is 0.304. The Kier molecular flexibility index (Phi) is 6.41. The number of nitrogens with zero attached hydrogens (tertiary/aromatic N) is 1. The molecule has 0 unspecified atom stereocenters. The summed E-state index contributed by atoms with van der Waals surface area (Å²) >= 11 is 6.34. The second-order valence-electron chi connectivity index (χ2n) is 7.24. The first-order valence-electron chi connectivity index (χ1n) is 10.1. The number of nitrogens with one attached hydrogen (secondary N) is 1. The molecule has 2 aromatic carbocycles. The fourth-order valence-corrected chi connectivity index (χ4v) is 3.46.